The van der Waals surface area contributed by atoms with Gasteiger partial charge in [0, 0.05) is 0 Å². The van der Waals surface area contributed by atoms with Crippen LogP contribution >= 0.6 is 0 Å². The van der Waals surface area contributed by atoms with Crippen molar-refractivity contribution in [1.82, 2.24) is 0 Å². The van der Waals surface area contributed by atoms with E-state index in [1.54, 1.807) is 0 Å². The molecule has 0 heterocycles. The zero-order valence-electron chi connectivity index (χ0n) is 8.59. The van der Waals surface area contributed by atoms with Crippen molar-refractivity contribution >= 4 is 5.57 Å². The van der Waals surface area contributed by atoms with Crippen LogP contribution in [-0.2, 0) is 0 Å². The van der Waals surface area contributed by atoms with Gasteiger partial charge in [0.05, 0.1) is 0 Å². The maximum absolute atomic E-state index is 2.23. The number of hydrogen-bond donors (Lipinski definition) is 0. The first-order chi connectivity index (χ1) is 6.38. The number of hydrogen-bond acceptors (Lipinski definition) is 0. The quantitative estimate of drug-likeness (QED) is 0.639. The van der Waals surface area contributed by atoms with Crippen LogP contribution in [0.4, 0.5) is 0 Å². The van der Waals surface area contributed by atoms with Gasteiger partial charge >= 0.3 is 0 Å². The molecule has 0 atom stereocenters. The van der Waals surface area contributed by atoms with Crippen LogP contribution in [0.1, 0.15) is 38.7 Å². The van der Waals surface area contributed by atoms with Crippen LogP contribution in [0.2, 0.25) is 0 Å². The van der Waals surface area contributed by atoms with Crippen LogP contribution in [0.15, 0.2) is 36.4 Å². The molecule has 0 radical (unpaired) electrons. The Balaban J connectivity index is 2.69. The van der Waals surface area contributed by atoms with Gasteiger partial charge in [0.15, 0.2) is 0 Å². The number of allylic oxidation sites excluding steroid dienone is 2. The van der Waals surface area contributed by atoms with Gasteiger partial charge in [-0.15, -0.1) is 0 Å². The van der Waals surface area contributed by atoms with Crippen LogP contribution < -0.4 is 0 Å². The van der Waals surface area contributed by atoms with Crippen LogP contribution in [0.3, 0.4) is 0 Å². The highest BCUT2D eigenvalue weighted by molar-refractivity contribution is 5.64. The first-order valence-electron chi connectivity index (χ1n) is 5.09. The van der Waals surface area contributed by atoms with E-state index < -0.39 is 0 Å². The molecular formula is C13H18. The highest BCUT2D eigenvalue weighted by atomic mass is 14.0. The Morgan fingerprint density at radius 1 is 1.23 bits per heavy atom. The van der Waals surface area contributed by atoms with E-state index in [0.717, 1.165) is 0 Å². The first kappa shape index (κ1) is 10.0. The average Bonchev–Trinajstić information content (AvgIpc) is 2.21. The van der Waals surface area contributed by atoms with E-state index in [4.69, 9.17) is 0 Å². The number of unbranched alkanes of at least 4 members (excludes halogenated alkanes) is 1. The summed E-state index contributed by atoms with van der Waals surface area (Å²) in [6.07, 6.45) is 5.99. The summed E-state index contributed by atoms with van der Waals surface area (Å²) in [5.74, 6) is 0. The van der Waals surface area contributed by atoms with Crippen molar-refractivity contribution in [2.24, 2.45) is 0 Å². The fourth-order valence-electron chi connectivity index (χ4n) is 1.47. The maximum atomic E-state index is 2.23. The van der Waals surface area contributed by atoms with E-state index in [-0.39, 0.29) is 0 Å². The van der Waals surface area contributed by atoms with Crippen molar-refractivity contribution in [3.63, 3.8) is 0 Å². The summed E-state index contributed by atoms with van der Waals surface area (Å²) in [4.78, 5) is 0. The van der Waals surface area contributed by atoms with E-state index >= 15 is 0 Å². The van der Waals surface area contributed by atoms with Crippen LogP contribution in [0, 0.1) is 0 Å². The van der Waals surface area contributed by atoms with Crippen molar-refractivity contribution < 1.29 is 0 Å². The van der Waals surface area contributed by atoms with Gasteiger partial charge in [-0.3, -0.25) is 0 Å². The van der Waals surface area contributed by atoms with Crippen LogP contribution in [-0.4, -0.2) is 0 Å². The highest BCUT2D eigenvalue weighted by Gasteiger charge is 1.97. The van der Waals surface area contributed by atoms with E-state index in [9.17, 15) is 0 Å². The fraction of sp³-hybridized carbons (Fsp3) is 0.385. The van der Waals surface area contributed by atoms with Gasteiger partial charge in [-0.2, -0.15) is 0 Å². The molecule has 0 saturated carbocycles. The van der Waals surface area contributed by atoms with Gasteiger partial charge in [0.25, 0.3) is 0 Å². The lowest BCUT2D eigenvalue weighted by Gasteiger charge is -2.05. The molecule has 0 unspecified atom stereocenters. The van der Waals surface area contributed by atoms with Crippen molar-refractivity contribution in [2.75, 3.05) is 0 Å². The van der Waals surface area contributed by atoms with Gasteiger partial charge in [-0.25, -0.2) is 0 Å². The predicted molar refractivity (Wildman–Crippen MR) is 59.6 cm³/mol. The first-order valence-corrected chi connectivity index (χ1v) is 5.09. The molecule has 0 spiro atoms. The predicted octanol–water partition coefficient (Wildman–Crippen LogP) is 4.28. The van der Waals surface area contributed by atoms with Crippen molar-refractivity contribution in [3.8, 4) is 0 Å². The molecule has 0 N–H and O–H groups in total. The van der Waals surface area contributed by atoms with E-state index in [1.807, 2.05) is 0 Å². The molecule has 0 aliphatic rings. The molecular weight excluding hydrogens is 156 g/mol. The summed E-state index contributed by atoms with van der Waals surface area (Å²) in [6.45, 7) is 4.36. The molecule has 1 aromatic carbocycles. The molecule has 13 heavy (non-hydrogen) atoms. The minimum absolute atomic E-state index is 1.21. The average molecular weight is 174 g/mol. The second-order valence-corrected chi connectivity index (χ2v) is 3.28. The molecule has 0 heteroatoms. The van der Waals surface area contributed by atoms with Gasteiger partial charge in [0.1, 0.15) is 0 Å². The van der Waals surface area contributed by atoms with Gasteiger partial charge in [-0.05, 0) is 30.9 Å². The molecule has 0 amide bonds. The zero-order chi connectivity index (χ0) is 9.52. The molecule has 0 nitrogen and oxygen atoms in total. The molecule has 1 rings (SSSR count). The maximum Gasteiger partial charge on any atom is -0.0228 e. The topological polar surface area (TPSA) is 0 Å². The molecule has 0 bridgehead atoms. The lowest BCUT2D eigenvalue weighted by atomic mass is 10.0. The van der Waals surface area contributed by atoms with E-state index in [2.05, 4.69) is 50.3 Å². The molecule has 0 saturated heterocycles. The summed E-state index contributed by atoms with van der Waals surface area (Å²) >= 11 is 0. The monoisotopic (exact) mass is 174 g/mol. The number of benzene rings is 1. The Labute approximate surface area is 81.3 Å². The third-order valence-electron chi connectivity index (χ3n) is 2.29. The highest BCUT2D eigenvalue weighted by Crippen LogP contribution is 2.19. The molecule has 70 valence electrons. The standard InChI is InChI=1S/C13H18/c1-3-5-9-12(4-2)13-10-7-6-8-11-13/h4,6-8,10-11H,3,5,9H2,1-2H3. The zero-order valence-corrected chi connectivity index (χ0v) is 8.59. The summed E-state index contributed by atoms with van der Waals surface area (Å²) < 4.78 is 0. The Kier molecular flexibility index (Phi) is 4.31. The van der Waals surface area contributed by atoms with Crippen LogP contribution in [0.25, 0.3) is 5.57 Å². The fourth-order valence-corrected chi connectivity index (χ4v) is 1.47. The third-order valence-corrected chi connectivity index (χ3v) is 2.29. The summed E-state index contributed by atoms with van der Waals surface area (Å²) in [7, 11) is 0. The lowest BCUT2D eigenvalue weighted by Crippen LogP contribution is -1.83. The SMILES string of the molecule is CC=C(CCCC)c1ccccc1. The van der Waals surface area contributed by atoms with E-state index in [0.29, 0.717) is 0 Å². The van der Waals surface area contributed by atoms with Crippen molar-refractivity contribution in [2.45, 2.75) is 33.1 Å². The Morgan fingerprint density at radius 2 is 1.92 bits per heavy atom. The molecule has 0 aliphatic heterocycles. The van der Waals surface area contributed by atoms with Gasteiger partial charge < -0.3 is 0 Å². The lowest BCUT2D eigenvalue weighted by molar-refractivity contribution is 0.824. The summed E-state index contributed by atoms with van der Waals surface area (Å²) in [5, 5.41) is 0. The van der Waals surface area contributed by atoms with Gasteiger partial charge in [0.2, 0.25) is 0 Å². The minimum atomic E-state index is 1.21. The normalized spacial score (nSPS) is 11.7. The molecule has 0 fully saturated rings. The minimum Gasteiger partial charge on any atom is -0.0838 e. The second-order valence-electron chi connectivity index (χ2n) is 3.28. The van der Waals surface area contributed by atoms with Crippen LogP contribution in [0.5, 0.6) is 0 Å². The summed E-state index contributed by atoms with van der Waals surface area (Å²) in [5.41, 5.74) is 2.85. The smallest absolute Gasteiger partial charge is 0.0228 e. The van der Waals surface area contributed by atoms with Crippen molar-refractivity contribution in [3.05, 3.63) is 42.0 Å². The van der Waals surface area contributed by atoms with Gasteiger partial charge in [-0.1, -0.05) is 49.8 Å². The van der Waals surface area contributed by atoms with Crippen molar-refractivity contribution in [1.29, 1.82) is 0 Å². The molecule has 1 aromatic rings. The Hall–Kier alpha value is -1.04. The second kappa shape index (κ2) is 5.58. The summed E-state index contributed by atoms with van der Waals surface area (Å²) in [6, 6.07) is 10.6. The third kappa shape index (κ3) is 3.06. The van der Waals surface area contributed by atoms with E-state index in [1.165, 1.54) is 30.4 Å². The molecule has 0 aliphatic carbocycles. The Bertz CT molecular complexity index is 257. The Morgan fingerprint density at radius 3 is 2.46 bits per heavy atom. The largest absolute Gasteiger partial charge is 0.0838 e. The number of rotatable bonds is 4. The molecule has 0 aromatic heterocycles.